The lowest BCUT2D eigenvalue weighted by Gasteiger charge is -2.17. The van der Waals surface area contributed by atoms with Crippen LogP contribution in [-0.4, -0.2) is 30.8 Å². The first-order valence-electron chi connectivity index (χ1n) is 4.96. The van der Waals surface area contributed by atoms with Gasteiger partial charge >= 0.3 is 12.5 Å². The molecule has 4 N–H and O–H groups in total. The van der Waals surface area contributed by atoms with Crippen molar-refractivity contribution in [2.75, 3.05) is 24.2 Å². The minimum Gasteiger partial charge on any atom is -0.428 e. The fourth-order valence-electron chi connectivity index (χ4n) is 1.16. The van der Waals surface area contributed by atoms with Crippen molar-refractivity contribution >= 4 is 36.2 Å². The molecule has 0 heterocycles. The van der Waals surface area contributed by atoms with E-state index in [2.05, 4.69) is 10.1 Å². The number of rotatable bonds is 6. The van der Waals surface area contributed by atoms with Crippen LogP contribution in [0.15, 0.2) is 18.2 Å². The summed E-state index contributed by atoms with van der Waals surface area (Å²) in [6.45, 7) is 0.0821. The fraction of sp³-hybridized carbons (Fsp3) is 0.400. The number of halogens is 6. The van der Waals surface area contributed by atoms with E-state index < -0.39 is 18.3 Å². The molecule has 1 rings (SSSR count). The molecule has 0 aliphatic carbocycles. The standard InChI is InChI=1S/C10H12F4N2O2.2ClH/c11-9(12)10(13,14)18-6-1-2-8(7(15)5-6)16-3-4-17;;/h1-2,5,9,16-17H,3-4,15H2;2*1H. The molecule has 0 saturated carbocycles. The summed E-state index contributed by atoms with van der Waals surface area (Å²) in [7, 11) is 0. The van der Waals surface area contributed by atoms with Gasteiger partial charge in [-0.2, -0.15) is 17.6 Å². The second-order valence-corrected chi connectivity index (χ2v) is 3.36. The summed E-state index contributed by atoms with van der Waals surface area (Å²) in [6, 6.07) is 3.37. The van der Waals surface area contributed by atoms with Crippen molar-refractivity contribution in [3.8, 4) is 5.75 Å². The Morgan fingerprint density at radius 1 is 1.30 bits per heavy atom. The highest BCUT2D eigenvalue weighted by molar-refractivity contribution is 5.85. The van der Waals surface area contributed by atoms with Gasteiger partial charge in [-0.05, 0) is 12.1 Å². The van der Waals surface area contributed by atoms with Crippen LogP contribution in [0.4, 0.5) is 28.9 Å². The highest BCUT2D eigenvalue weighted by Crippen LogP contribution is 2.30. The molecule has 0 atom stereocenters. The topological polar surface area (TPSA) is 67.5 Å². The van der Waals surface area contributed by atoms with E-state index in [0.717, 1.165) is 12.1 Å². The first kappa shape index (κ1) is 21.2. The molecule has 118 valence electrons. The quantitative estimate of drug-likeness (QED) is 0.550. The zero-order valence-electron chi connectivity index (χ0n) is 9.98. The summed E-state index contributed by atoms with van der Waals surface area (Å²) in [6.07, 6.45) is -8.49. The zero-order valence-corrected chi connectivity index (χ0v) is 11.6. The molecule has 0 aromatic heterocycles. The molecule has 0 spiro atoms. The third-order valence-corrected chi connectivity index (χ3v) is 1.96. The van der Waals surface area contributed by atoms with Crippen LogP contribution < -0.4 is 15.8 Å². The predicted molar refractivity (Wildman–Crippen MR) is 72.5 cm³/mol. The number of alkyl halides is 4. The smallest absolute Gasteiger partial charge is 0.428 e. The molecule has 0 saturated heterocycles. The summed E-state index contributed by atoms with van der Waals surface area (Å²) in [5, 5.41) is 11.3. The zero-order chi connectivity index (χ0) is 13.8. The molecular formula is C10H14Cl2F4N2O2. The molecule has 0 fully saturated rings. The first-order chi connectivity index (χ1) is 8.36. The summed E-state index contributed by atoms with van der Waals surface area (Å²) in [5.41, 5.74) is 5.93. The monoisotopic (exact) mass is 340 g/mol. The maximum absolute atomic E-state index is 12.6. The lowest BCUT2D eigenvalue weighted by atomic mass is 10.2. The van der Waals surface area contributed by atoms with E-state index in [1.807, 2.05) is 0 Å². The molecule has 0 amide bonds. The van der Waals surface area contributed by atoms with Gasteiger partial charge in [0.2, 0.25) is 0 Å². The van der Waals surface area contributed by atoms with Crippen LogP contribution in [0.1, 0.15) is 0 Å². The number of aliphatic hydroxyl groups excluding tert-OH is 1. The Kier molecular flexibility index (Phi) is 9.46. The van der Waals surface area contributed by atoms with Crippen molar-refractivity contribution in [3.05, 3.63) is 18.2 Å². The van der Waals surface area contributed by atoms with E-state index in [4.69, 9.17) is 10.8 Å². The SMILES string of the molecule is Cl.Cl.Nc1cc(OC(F)(F)C(F)F)ccc1NCCO. The van der Waals surface area contributed by atoms with Crippen LogP contribution >= 0.6 is 24.8 Å². The Morgan fingerprint density at radius 3 is 2.35 bits per heavy atom. The van der Waals surface area contributed by atoms with E-state index in [1.54, 1.807) is 0 Å². The number of hydrogen-bond donors (Lipinski definition) is 3. The van der Waals surface area contributed by atoms with Gasteiger partial charge in [-0.15, -0.1) is 24.8 Å². The molecule has 0 radical (unpaired) electrons. The van der Waals surface area contributed by atoms with Crippen molar-refractivity contribution in [2.24, 2.45) is 0 Å². The number of anilines is 2. The normalized spacial score (nSPS) is 10.5. The second kappa shape index (κ2) is 8.93. The van der Waals surface area contributed by atoms with Crippen LogP contribution in [0.3, 0.4) is 0 Å². The van der Waals surface area contributed by atoms with Gasteiger partial charge in [0.25, 0.3) is 0 Å². The van der Waals surface area contributed by atoms with Crippen molar-refractivity contribution in [3.63, 3.8) is 0 Å². The van der Waals surface area contributed by atoms with Gasteiger partial charge in [0, 0.05) is 12.6 Å². The van der Waals surface area contributed by atoms with Gasteiger partial charge in [0.05, 0.1) is 18.0 Å². The molecule has 4 nitrogen and oxygen atoms in total. The second-order valence-electron chi connectivity index (χ2n) is 3.36. The predicted octanol–water partition coefficient (Wildman–Crippen LogP) is 2.75. The number of nitrogens with one attached hydrogen (secondary N) is 1. The highest BCUT2D eigenvalue weighted by atomic mass is 35.5. The lowest BCUT2D eigenvalue weighted by Crippen LogP contribution is -2.33. The van der Waals surface area contributed by atoms with Crippen molar-refractivity contribution < 1.29 is 27.4 Å². The number of benzene rings is 1. The molecule has 20 heavy (non-hydrogen) atoms. The Bertz CT molecular complexity index is 411. The van der Waals surface area contributed by atoms with Crippen molar-refractivity contribution in [1.82, 2.24) is 0 Å². The third kappa shape index (κ3) is 5.89. The molecule has 0 unspecified atom stereocenters. The van der Waals surface area contributed by atoms with Gasteiger partial charge < -0.3 is 20.9 Å². The summed E-state index contributed by atoms with van der Waals surface area (Å²) in [5.74, 6) is -0.465. The van der Waals surface area contributed by atoms with Crippen molar-refractivity contribution in [1.29, 1.82) is 0 Å². The van der Waals surface area contributed by atoms with Crippen molar-refractivity contribution in [2.45, 2.75) is 12.5 Å². The molecular weight excluding hydrogens is 327 g/mol. The highest BCUT2D eigenvalue weighted by Gasteiger charge is 2.44. The van der Waals surface area contributed by atoms with Gasteiger partial charge in [-0.3, -0.25) is 0 Å². The van der Waals surface area contributed by atoms with E-state index in [0.29, 0.717) is 5.69 Å². The van der Waals surface area contributed by atoms with Crippen LogP contribution in [0.5, 0.6) is 5.75 Å². The molecule has 10 heteroatoms. The summed E-state index contributed by atoms with van der Waals surface area (Å²) >= 11 is 0. The molecule has 0 aliphatic heterocycles. The Labute approximate surface area is 125 Å². The van der Waals surface area contributed by atoms with Crippen LogP contribution in [0, 0.1) is 0 Å². The molecule has 1 aromatic carbocycles. The average molecular weight is 341 g/mol. The molecule has 1 aromatic rings. The van der Waals surface area contributed by atoms with Gasteiger partial charge in [-0.25, -0.2) is 0 Å². The Morgan fingerprint density at radius 2 is 1.90 bits per heavy atom. The largest absolute Gasteiger partial charge is 0.461 e. The van der Waals surface area contributed by atoms with E-state index in [1.165, 1.54) is 6.07 Å². The van der Waals surface area contributed by atoms with E-state index in [9.17, 15) is 17.6 Å². The number of nitrogens with two attached hydrogens (primary N) is 1. The number of ether oxygens (including phenoxy) is 1. The van der Waals surface area contributed by atoms with E-state index in [-0.39, 0.29) is 43.7 Å². The fourth-order valence-corrected chi connectivity index (χ4v) is 1.16. The molecule has 0 bridgehead atoms. The minimum absolute atomic E-state index is 0. The number of nitrogen functional groups attached to an aromatic ring is 1. The van der Waals surface area contributed by atoms with E-state index >= 15 is 0 Å². The first-order valence-corrected chi connectivity index (χ1v) is 4.96. The average Bonchev–Trinajstić information content (AvgIpc) is 2.27. The Hall–Kier alpha value is -1.12. The third-order valence-electron chi connectivity index (χ3n) is 1.96. The maximum atomic E-state index is 12.6. The van der Waals surface area contributed by atoms with Gasteiger partial charge in [0.15, 0.2) is 0 Å². The number of aliphatic hydroxyl groups is 1. The maximum Gasteiger partial charge on any atom is 0.461 e. The lowest BCUT2D eigenvalue weighted by molar-refractivity contribution is -0.253. The van der Waals surface area contributed by atoms with Gasteiger partial charge in [-0.1, -0.05) is 0 Å². The summed E-state index contributed by atoms with van der Waals surface area (Å²) in [4.78, 5) is 0. The minimum atomic E-state index is -4.56. The van der Waals surface area contributed by atoms with Crippen LogP contribution in [0.2, 0.25) is 0 Å². The molecule has 0 aliphatic rings. The van der Waals surface area contributed by atoms with Crippen LogP contribution in [-0.2, 0) is 0 Å². The number of hydrogen-bond acceptors (Lipinski definition) is 4. The van der Waals surface area contributed by atoms with Gasteiger partial charge in [0.1, 0.15) is 5.75 Å². The summed E-state index contributed by atoms with van der Waals surface area (Å²) < 4.78 is 52.9. The van der Waals surface area contributed by atoms with Crippen LogP contribution in [0.25, 0.3) is 0 Å². The Balaban J connectivity index is 0.